The number of hydrogen-bond donors (Lipinski definition) is 4. The molecule has 0 aromatic carbocycles. The Morgan fingerprint density at radius 2 is 1.97 bits per heavy atom. The molecule has 5 N–H and O–H groups in total. The smallest absolute Gasteiger partial charge is 0.402 e. The van der Waals surface area contributed by atoms with Crippen LogP contribution in [0, 0.1) is 23.2 Å². The Morgan fingerprint density at radius 3 is 2.61 bits per heavy atom. The van der Waals surface area contributed by atoms with Crippen LogP contribution in [0.1, 0.15) is 96.8 Å². The fourth-order valence-corrected chi connectivity index (χ4v) is 6.75. The molecule has 38 heavy (non-hydrogen) atoms. The van der Waals surface area contributed by atoms with Crippen LogP contribution in [0.4, 0.5) is 4.79 Å². The van der Waals surface area contributed by atoms with E-state index in [0.717, 1.165) is 30.6 Å². The number of aromatic nitrogens is 2. The van der Waals surface area contributed by atoms with Crippen LogP contribution in [0.15, 0.2) is 12.3 Å². The van der Waals surface area contributed by atoms with E-state index in [0.29, 0.717) is 23.3 Å². The summed E-state index contributed by atoms with van der Waals surface area (Å²) in [6.07, 6.45) is 11.4. The lowest BCUT2D eigenvalue weighted by molar-refractivity contribution is -0.122. The van der Waals surface area contributed by atoms with Gasteiger partial charge in [0.15, 0.2) is 0 Å². The van der Waals surface area contributed by atoms with E-state index in [2.05, 4.69) is 28.4 Å². The summed E-state index contributed by atoms with van der Waals surface area (Å²) in [6, 6.07) is 0.247. The van der Waals surface area contributed by atoms with Gasteiger partial charge >= 0.3 is 6.09 Å². The number of carbonyl (C=O) groups is 3. The number of fused-ring (bicyclic) bond motifs is 1. The van der Waals surface area contributed by atoms with Gasteiger partial charge in [-0.3, -0.25) is 9.59 Å². The number of amides is 3. The summed E-state index contributed by atoms with van der Waals surface area (Å²) < 4.78 is 7.64. The van der Waals surface area contributed by atoms with Gasteiger partial charge in [-0.15, -0.1) is 0 Å². The molecule has 2 bridgehead atoms. The molecule has 3 amide bonds. The largest absolute Gasteiger partial charge is 0.474 e. The first-order valence-corrected chi connectivity index (χ1v) is 13.8. The van der Waals surface area contributed by atoms with Gasteiger partial charge in [-0.05, 0) is 95.5 Å². The quantitative estimate of drug-likeness (QED) is 0.371. The van der Waals surface area contributed by atoms with Crippen LogP contribution in [0.25, 0.3) is 6.20 Å². The second-order valence-corrected chi connectivity index (χ2v) is 12.2. The van der Waals surface area contributed by atoms with Crippen LogP contribution in [-0.4, -0.2) is 50.5 Å². The number of ether oxygens (including phenoxy) is 1. The monoisotopic (exact) mass is 531 g/mol. The zero-order chi connectivity index (χ0) is 28.3. The average Bonchev–Trinajstić information content (AvgIpc) is 3.26. The first kappa shape index (κ1) is 29.5. The Balaban J connectivity index is 0.000000934. The predicted molar refractivity (Wildman–Crippen MR) is 146 cm³/mol. The van der Waals surface area contributed by atoms with Gasteiger partial charge in [-0.2, -0.15) is 5.10 Å². The highest BCUT2D eigenvalue weighted by molar-refractivity contribution is 5.96. The second kappa shape index (κ2) is 11.8. The minimum absolute atomic E-state index is 0.0145. The van der Waals surface area contributed by atoms with Crippen molar-refractivity contribution in [2.45, 2.75) is 104 Å². The summed E-state index contributed by atoms with van der Waals surface area (Å²) in [7, 11) is 0. The lowest BCUT2D eigenvalue weighted by atomic mass is 9.54. The lowest BCUT2D eigenvalue weighted by Gasteiger charge is -2.55. The van der Waals surface area contributed by atoms with E-state index >= 15 is 0 Å². The molecular formula is C28H45N5O5. The number of rotatable bonds is 9. The third kappa shape index (κ3) is 6.88. The van der Waals surface area contributed by atoms with Crippen molar-refractivity contribution in [1.29, 1.82) is 0 Å². The summed E-state index contributed by atoms with van der Waals surface area (Å²) in [5.74, 6) is 2.71. The molecule has 1 heterocycles. The Labute approximate surface area is 225 Å². The highest BCUT2D eigenvalue weighted by Gasteiger charge is 2.62. The van der Waals surface area contributed by atoms with E-state index in [1.165, 1.54) is 25.7 Å². The minimum atomic E-state index is -1.33. The Morgan fingerprint density at radius 1 is 1.29 bits per heavy atom. The maximum Gasteiger partial charge on any atom is 0.402 e. The highest BCUT2D eigenvalue weighted by Crippen LogP contribution is 2.66. The number of nitrogens with zero attached hydrogens (tertiary/aromatic N) is 2. The summed E-state index contributed by atoms with van der Waals surface area (Å²) in [5, 5.41) is 18.0. The SMILES string of the molecule is CCCC(=O)NC(C)(C)/C=C/n1ncc(C(=O)NC2CC3CC4CC(C)CC32C4)c1OC(C)C.NC(=O)O. The Hall–Kier alpha value is -3.04. The molecule has 1 spiro atoms. The summed E-state index contributed by atoms with van der Waals surface area (Å²) in [6.45, 7) is 12.1. The van der Waals surface area contributed by atoms with E-state index in [1.54, 1.807) is 17.1 Å². The van der Waals surface area contributed by atoms with Crippen molar-refractivity contribution < 1.29 is 24.2 Å². The molecule has 10 nitrogen and oxygen atoms in total. The molecule has 1 aromatic rings. The van der Waals surface area contributed by atoms with Crippen LogP contribution in [-0.2, 0) is 4.79 Å². The number of nitrogens with one attached hydrogen (secondary N) is 2. The van der Waals surface area contributed by atoms with Crippen LogP contribution < -0.4 is 21.1 Å². The average molecular weight is 532 g/mol. The van der Waals surface area contributed by atoms with E-state index < -0.39 is 11.6 Å². The molecular weight excluding hydrogens is 486 g/mol. The van der Waals surface area contributed by atoms with E-state index in [4.69, 9.17) is 14.6 Å². The fourth-order valence-electron chi connectivity index (χ4n) is 6.75. The van der Waals surface area contributed by atoms with Crippen molar-refractivity contribution in [3.8, 4) is 5.88 Å². The molecule has 212 valence electrons. The molecule has 4 rings (SSSR count). The molecule has 0 saturated heterocycles. The van der Waals surface area contributed by atoms with Crippen molar-refractivity contribution >= 4 is 24.1 Å². The van der Waals surface area contributed by atoms with Gasteiger partial charge in [0.05, 0.1) is 17.8 Å². The number of primary amides is 1. The first-order valence-electron chi connectivity index (χ1n) is 13.8. The van der Waals surface area contributed by atoms with E-state index in [-0.39, 0.29) is 24.0 Å². The van der Waals surface area contributed by atoms with Crippen LogP contribution in [0.3, 0.4) is 0 Å². The normalized spacial score (nSPS) is 27.7. The van der Waals surface area contributed by atoms with Gasteiger partial charge in [0.2, 0.25) is 11.8 Å². The van der Waals surface area contributed by atoms with Crippen LogP contribution in [0.5, 0.6) is 5.88 Å². The molecule has 0 aliphatic heterocycles. The van der Waals surface area contributed by atoms with Crippen molar-refractivity contribution in [2.24, 2.45) is 28.9 Å². The van der Waals surface area contributed by atoms with Gasteiger partial charge < -0.3 is 26.2 Å². The van der Waals surface area contributed by atoms with Gasteiger partial charge in [0.25, 0.3) is 5.91 Å². The van der Waals surface area contributed by atoms with Crippen molar-refractivity contribution in [1.82, 2.24) is 20.4 Å². The first-order chi connectivity index (χ1) is 17.8. The van der Waals surface area contributed by atoms with Crippen molar-refractivity contribution in [3.63, 3.8) is 0 Å². The molecule has 5 atom stereocenters. The molecule has 3 saturated carbocycles. The van der Waals surface area contributed by atoms with E-state index in [9.17, 15) is 9.59 Å². The third-order valence-corrected chi connectivity index (χ3v) is 8.00. The fraction of sp³-hybridized carbons (Fsp3) is 0.714. The molecule has 0 radical (unpaired) electrons. The summed E-state index contributed by atoms with van der Waals surface area (Å²) in [4.78, 5) is 34.2. The molecule has 3 fully saturated rings. The van der Waals surface area contributed by atoms with Gasteiger partial charge in [0.1, 0.15) is 5.56 Å². The molecule has 10 heteroatoms. The topological polar surface area (TPSA) is 149 Å². The minimum Gasteiger partial charge on any atom is -0.474 e. The predicted octanol–water partition coefficient (Wildman–Crippen LogP) is 4.40. The third-order valence-electron chi connectivity index (χ3n) is 8.00. The number of carboxylic acid groups (broad SMARTS) is 1. The number of nitrogens with two attached hydrogens (primary N) is 1. The van der Waals surface area contributed by atoms with Crippen LogP contribution in [0.2, 0.25) is 0 Å². The number of carbonyl (C=O) groups excluding carboxylic acids is 2. The summed E-state index contributed by atoms with van der Waals surface area (Å²) >= 11 is 0. The molecule has 3 aliphatic rings. The van der Waals surface area contributed by atoms with E-state index in [1.807, 2.05) is 40.7 Å². The zero-order valence-electron chi connectivity index (χ0n) is 23.6. The Bertz CT molecular complexity index is 1040. The molecule has 1 aromatic heterocycles. The zero-order valence-corrected chi connectivity index (χ0v) is 23.6. The van der Waals surface area contributed by atoms with Gasteiger partial charge in [0, 0.05) is 18.7 Å². The maximum absolute atomic E-state index is 13.4. The van der Waals surface area contributed by atoms with Gasteiger partial charge in [-0.1, -0.05) is 13.8 Å². The van der Waals surface area contributed by atoms with Crippen molar-refractivity contribution in [2.75, 3.05) is 0 Å². The van der Waals surface area contributed by atoms with Crippen molar-refractivity contribution in [3.05, 3.63) is 17.8 Å². The Kier molecular flexibility index (Phi) is 9.15. The second-order valence-electron chi connectivity index (χ2n) is 12.2. The highest BCUT2D eigenvalue weighted by atomic mass is 16.5. The standard InChI is InChI=1S/C27H42N4O3.CH3NO2/c1-7-8-23(32)30-26(5,6)9-10-31-25(34-17(2)3)21(16-28-31)24(33)29-22-13-20-12-19-11-18(4)14-27(20,22)15-19;2-1(3)4/h9-10,16-20,22H,7-8,11-15H2,1-6H3,(H,29,33)(H,30,32);2H2,(H,3,4)/b10-9+;. The number of hydrogen-bond acceptors (Lipinski definition) is 5. The van der Waals surface area contributed by atoms with Crippen LogP contribution >= 0.6 is 0 Å². The van der Waals surface area contributed by atoms with Gasteiger partial charge in [-0.25, -0.2) is 9.48 Å². The molecule has 5 unspecified atom stereocenters. The lowest BCUT2D eigenvalue weighted by Crippen LogP contribution is -2.59. The summed E-state index contributed by atoms with van der Waals surface area (Å²) in [5.41, 5.74) is 4.24. The maximum atomic E-state index is 13.4. The molecule has 3 aliphatic carbocycles.